The van der Waals surface area contributed by atoms with Crippen molar-refractivity contribution in [3.8, 4) is 5.88 Å². The summed E-state index contributed by atoms with van der Waals surface area (Å²) in [6, 6.07) is 2.88. The van der Waals surface area contributed by atoms with Crippen molar-refractivity contribution in [2.45, 2.75) is 31.3 Å². The molecule has 0 bridgehead atoms. The van der Waals surface area contributed by atoms with Crippen LogP contribution in [-0.4, -0.2) is 25.3 Å². The molecule has 0 saturated heterocycles. The third-order valence-corrected chi connectivity index (χ3v) is 2.66. The van der Waals surface area contributed by atoms with Crippen molar-refractivity contribution in [3.63, 3.8) is 0 Å². The second-order valence-electron chi connectivity index (χ2n) is 4.32. The zero-order chi connectivity index (χ0) is 11.7. The second-order valence-corrected chi connectivity index (χ2v) is 6.33. The van der Waals surface area contributed by atoms with Gasteiger partial charge >= 0.3 is 0 Å². The van der Waals surface area contributed by atoms with Crippen LogP contribution in [0.25, 0.3) is 0 Å². The van der Waals surface area contributed by atoms with Crippen LogP contribution in [0.3, 0.4) is 0 Å². The molecule has 0 aromatic carbocycles. The molecule has 0 radical (unpaired) electrons. The lowest BCUT2D eigenvalue weighted by molar-refractivity contribution is 0.123. The summed E-state index contributed by atoms with van der Waals surface area (Å²) in [6.07, 6.45) is 2.58. The number of ether oxygens (including phenoxy) is 1. The summed E-state index contributed by atoms with van der Waals surface area (Å²) >= 11 is 0. The third kappa shape index (κ3) is 3.87. The first-order valence-corrected chi connectivity index (χ1v) is 6.43. The van der Waals surface area contributed by atoms with E-state index in [0.717, 1.165) is 6.26 Å². The van der Waals surface area contributed by atoms with Gasteiger partial charge in [0.2, 0.25) is 5.88 Å². The highest BCUT2D eigenvalue weighted by Gasteiger charge is 2.14. The van der Waals surface area contributed by atoms with Crippen molar-refractivity contribution in [1.82, 2.24) is 4.98 Å². The van der Waals surface area contributed by atoms with E-state index in [1.54, 1.807) is 0 Å². The highest BCUT2D eigenvalue weighted by Crippen LogP contribution is 2.18. The molecule has 1 aromatic rings. The maximum Gasteiger partial charge on any atom is 0.215 e. The Hall–Kier alpha value is -1.10. The van der Waals surface area contributed by atoms with E-state index in [4.69, 9.17) is 4.74 Å². The number of pyridine rings is 1. The fourth-order valence-electron chi connectivity index (χ4n) is 0.991. The van der Waals surface area contributed by atoms with Crippen LogP contribution < -0.4 is 4.74 Å². The van der Waals surface area contributed by atoms with Gasteiger partial charge < -0.3 is 4.74 Å². The highest BCUT2D eigenvalue weighted by atomic mass is 32.2. The summed E-state index contributed by atoms with van der Waals surface area (Å²) in [5.74, 6) is 0.324. The van der Waals surface area contributed by atoms with Gasteiger partial charge in [-0.15, -0.1) is 0 Å². The molecular weight excluding hydrogens is 214 g/mol. The van der Waals surface area contributed by atoms with Crippen LogP contribution in [0.5, 0.6) is 5.88 Å². The van der Waals surface area contributed by atoms with E-state index < -0.39 is 9.84 Å². The van der Waals surface area contributed by atoms with Gasteiger partial charge in [0.15, 0.2) is 9.84 Å². The quantitative estimate of drug-likeness (QED) is 0.774. The summed E-state index contributed by atoms with van der Waals surface area (Å²) in [6.45, 7) is 5.63. The van der Waals surface area contributed by atoms with Gasteiger partial charge in [-0.05, 0) is 26.8 Å². The first kappa shape index (κ1) is 12.0. The highest BCUT2D eigenvalue weighted by molar-refractivity contribution is 7.90. The normalized spacial score (nSPS) is 12.5. The molecule has 1 rings (SSSR count). The SMILES string of the molecule is CC(C)(C)Oc1cc(S(C)(=O)=O)ccn1. The molecule has 84 valence electrons. The first-order chi connectivity index (χ1) is 6.68. The summed E-state index contributed by atoms with van der Waals surface area (Å²) < 4.78 is 28.0. The van der Waals surface area contributed by atoms with Gasteiger partial charge in [-0.25, -0.2) is 13.4 Å². The molecule has 0 saturated carbocycles. The molecule has 5 heteroatoms. The molecule has 0 N–H and O–H groups in total. The van der Waals surface area contributed by atoms with Crippen LogP contribution in [0.2, 0.25) is 0 Å². The smallest absolute Gasteiger partial charge is 0.215 e. The van der Waals surface area contributed by atoms with Gasteiger partial charge in [0.25, 0.3) is 0 Å². The minimum atomic E-state index is -3.20. The predicted molar refractivity (Wildman–Crippen MR) is 57.7 cm³/mol. The number of sulfone groups is 1. The third-order valence-electron chi connectivity index (χ3n) is 1.55. The standard InChI is InChI=1S/C10H15NO3S/c1-10(2,3)14-9-7-8(5-6-11-9)15(4,12)13/h5-7H,1-4H3. The minimum absolute atomic E-state index is 0.219. The summed E-state index contributed by atoms with van der Waals surface area (Å²) in [4.78, 5) is 4.17. The zero-order valence-corrected chi connectivity index (χ0v) is 10.1. The van der Waals surface area contributed by atoms with Crippen LogP contribution in [0.15, 0.2) is 23.2 Å². The lowest BCUT2D eigenvalue weighted by atomic mass is 10.2. The van der Waals surface area contributed by atoms with Crippen LogP contribution >= 0.6 is 0 Å². The maximum absolute atomic E-state index is 11.3. The van der Waals surface area contributed by atoms with Crippen LogP contribution in [0, 0.1) is 0 Å². The molecule has 15 heavy (non-hydrogen) atoms. The van der Waals surface area contributed by atoms with E-state index in [9.17, 15) is 8.42 Å². The molecule has 4 nitrogen and oxygen atoms in total. The Kier molecular flexibility index (Phi) is 3.04. The van der Waals surface area contributed by atoms with Crippen molar-refractivity contribution < 1.29 is 13.2 Å². The van der Waals surface area contributed by atoms with Gasteiger partial charge in [0, 0.05) is 18.5 Å². The van der Waals surface area contributed by atoms with E-state index in [0.29, 0.717) is 5.88 Å². The Morgan fingerprint density at radius 3 is 2.40 bits per heavy atom. The Labute approximate surface area is 90.2 Å². The van der Waals surface area contributed by atoms with Crippen molar-refractivity contribution >= 4 is 9.84 Å². The molecule has 1 heterocycles. The Morgan fingerprint density at radius 1 is 1.33 bits per heavy atom. The van der Waals surface area contributed by atoms with E-state index in [1.807, 2.05) is 20.8 Å². The Morgan fingerprint density at radius 2 is 1.93 bits per heavy atom. The van der Waals surface area contributed by atoms with Gasteiger partial charge in [-0.1, -0.05) is 0 Å². The minimum Gasteiger partial charge on any atom is -0.472 e. The largest absolute Gasteiger partial charge is 0.472 e. The van der Waals surface area contributed by atoms with Crippen LogP contribution in [0.1, 0.15) is 20.8 Å². The van der Waals surface area contributed by atoms with E-state index in [-0.39, 0.29) is 10.5 Å². The molecule has 0 atom stereocenters. The van der Waals surface area contributed by atoms with Crippen molar-refractivity contribution in [1.29, 1.82) is 0 Å². The zero-order valence-electron chi connectivity index (χ0n) is 9.31. The molecule has 0 aliphatic rings. The van der Waals surface area contributed by atoms with Crippen molar-refractivity contribution in [3.05, 3.63) is 18.3 Å². The molecule has 1 aromatic heterocycles. The fourth-order valence-corrected chi connectivity index (χ4v) is 1.61. The van der Waals surface area contributed by atoms with E-state index in [2.05, 4.69) is 4.98 Å². The topological polar surface area (TPSA) is 56.3 Å². The van der Waals surface area contributed by atoms with Gasteiger partial charge in [-0.2, -0.15) is 0 Å². The number of hydrogen-bond acceptors (Lipinski definition) is 4. The molecule has 0 aliphatic heterocycles. The van der Waals surface area contributed by atoms with Crippen LogP contribution in [-0.2, 0) is 9.84 Å². The number of nitrogens with zero attached hydrogens (tertiary/aromatic N) is 1. The number of hydrogen-bond donors (Lipinski definition) is 0. The average molecular weight is 229 g/mol. The summed E-state index contributed by atoms with van der Waals surface area (Å²) in [7, 11) is -3.20. The van der Waals surface area contributed by atoms with Gasteiger partial charge in [-0.3, -0.25) is 0 Å². The number of aromatic nitrogens is 1. The molecule has 0 spiro atoms. The van der Waals surface area contributed by atoms with E-state index >= 15 is 0 Å². The number of rotatable bonds is 2. The van der Waals surface area contributed by atoms with Gasteiger partial charge in [0.1, 0.15) is 5.60 Å². The second kappa shape index (κ2) is 3.81. The monoisotopic (exact) mass is 229 g/mol. The fraction of sp³-hybridized carbons (Fsp3) is 0.500. The van der Waals surface area contributed by atoms with Crippen molar-refractivity contribution in [2.75, 3.05) is 6.26 Å². The molecule has 0 fully saturated rings. The lowest BCUT2D eigenvalue weighted by Crippen LogP contribution is -2.23. The summed E-state index contributed by atoms with van der Waals surface area (Å²) in [5.41, 5.74) is -0.386. The Bertz CT molecular complexity index is 446. The average Bonchev–Trinajstić information content (AvgIpc) is 1.99. The lowest BCUT2D eigenvalue weighted by Gasteiger charge is -2.20. The predicted octanol–water partition coefficient (Wildman–Crippen LogP) is 1.66. The molecule has 0 unspecified atom stereocenters. The van der Waals surface area contributed by atoms with Crippen molar-refractivity contribution in [2.24, 2.45) is 0 Å². The molecule has 0 aliphatic carbocycles. The maximum atomic E-state index is 11.3. The van der Waals surface area contributed by atoms with E-state index in [1.165, 1.54) is 18.3 Å². The van der Waals surface area contributed by atoms with Crippen LogP contribution in [0.4, 0.5) is 0 Å². The Balaban J connectivity index is 3.04. The van der Waals surface area contributed by atoms with Gasteiger partial charge in [0.05, 0.1) is 4.90 Å². The molecule has 0 amide bonds. The molecular formula is C10H15NO3S. The first-order valence-electron chi connectivity index (χ1n) is 4.54. The summed E-state index contributed by atoms with van der Waals surface area (Å²) in [5, 5.41) is 0.